The van der Waals surface area contributed by atoms with E-state index in [4.69, 9.17) is 0 Å². The highest BCUT2D eigenvalue weighted by Crippen LogP contribution is 2.24. The average Bonchev–Trinajstić information content (AvgIpc) is 2.52. The van der Waals surface area contributed by atoms with Crippen LogP contribution in [-0.4, -0.2) is 18.2 Å². The molecule has 0 aliphatic carbocycles. The van der Waals surface area contributed by atoms with Gasteiger partial charge in [0, 0.05) is 28.6 Å². The van der Waals surface area contributed by atoms with Crippen molar-refractivity contribution >= 4 is 26.8 Å². The van der Waals surface area contributed by atoms with Crippen LogP contribution >= 0.6 is 15.9 Å². The van der Waals surface area contributed by atoms with Crippen LogP contribution in [-0.2, 0) is 13.5 Å². The lowest BCUT2D eigenvalue weighted by Gasteiger charge is -1.98. The first-order valence-electron chi connectivity index (χ1n) is 5.10. The molecule has 0 bridgehead atoms. The average molecular weight is 267 g/mol. The maximum Gasteiger partial charge on any atom is 0.0481 e. The molecular formula is C12H15BrN2. The predicted molar refractivity (Wildman–Crippen MR) is 68.2 cm³/mol. The fraction of sp³-hybridized carbons (Fsp3) is 0.333. The zero-order chi connectivity index (χ0) is 10.8. The second-order valence-electron chi connectivity index (χ2n) is 3.78. The van der Waals surface area contributed by atoms with Gasteiger partial charge in [0.15, 0.2) is 0 Å². The third kappa shape index (κ3) is 2.08. The van der Waals surface area contributed by atoms with Crippen LogP contribution in [0.4, 0.5) is 0 Å². The van der Waals surface area contributed by atoms with Crippen LogP contribution in [0.15, 0.2) is 28.9 Å². The molecule has 0 atom stereocenters. The topological polar surface area (TPSA) is 17.0 Å². The summed E-state index contributed by atoms with van der Waals surface area (Å²) in [6.45, 7) is 1.02. The normalized spacial score (nSPS) is 11.1. The lowest BCUT2D eigenvalue weighted by Crippen LogP contribution is -2.09. The van der Waals surface area contributed by atoms with E-state index in [1.165, 1.54) is 16.5 Å². The van der Waals surface area contributed by atoms with Crippen molar-refractivity contribution in [3.8, 4) is 0 Å². The van der Waals surface area contributed by atoms with E-state index in [0.29, 0.717) is 0 Å². The molecule has 3 heteroatoms. The summed E-state index contributed by atoms with van der Waals surface area (Å²) in [4.78, 5) is 0. The minimum Gasteiger partial charge on any atom is -0.350 e. The second kappa shape index (κ2) is 4.37. The zero-order valence-corrected chi connectivity index (χ0v) is 10.6. The second-order valence-corrected chi connectivity index (χ2v) is 4.70. The summed E-state index contributed by atoms with van der Waals surface area (Å²) in [6, 6.07) is 6.44. The van der Waals surface area contributed by atoms with Gasteiger partial charge in [0.05, 0.1) is 0 Å². The SMILES string of the molecule is CNCCc1cn(C)c2ccc(Br)cc12. The summed E-state index contributed by atoms with van der Waals surface area (Å²) in [7, 11) is 4.08. The third-order valence-corrected chi connectivity index (χ3v) is 3.17. The van der Waals surface area contributed by atoms with E-state index in [1.807, 2.05) is 7.05 Å². The molecular weight excluding hydrogens is 252 g/mol. The number of hydrogen-bond acceptors (Lipinski definition) is 1. The Hall–Kier alpha value is -0.800. The molecule has 80 valence electrons. The molecule has 2 aromatic rings. The highest BCUT2D eigenvalue weighted by molar-refractivity contribution is 9.10. The number of rotatable bonds is 3. The molecule has 0 aliphatic heterocycles. The van der Waals surface area contributed by atoms with Gasteiger partial charge in [0.2, 0.25) is 0 Å². The summed E-state index contributed by atoms with van der Waals surface area (Å²) in [5, 5.41) is 4.53. The van der Waals surface area contributed by atoms with Crippen LogP contribution < -0.4 is 5.32 Å². The van der Waals surface area contributed by atoms with Gasteiger partial charge < -0.3 is 9.88 Å². The van der Waals surface area contributed by atoms with Crippen molar-refractivity contribution in [2.75, 3.05) is 13.6 Å². The maximum absolute atomic E-state index is 3.52. The van der Waals surface area contributed by atoms with E-state index in [2.05, 4.69) is 57.3 Å². The van der Waals surface area contributed by atoms with Gasteiger partial charge >= 0.3 is 0 Å². The molecule has 1 aromatic carbocycles. The molecule has 1 N–H and O–H groups in total. The van der Waals surface area contributed by atoms with Gasteiger partial charge in [0.25, 0.3) is 0 Å². The molecule has 0 fully saturated rings. The zero-order valence-electron chi connectivity index (χ0n) is 9.05. The molecule has 0 saturated heterocycles. The maximum atomic E-state index is 3.52. The van der Waals surface area contributed by atoms with Crippen molar-refractivity contribution in [1.29, 1.82) is 0 Å². The Labute approximate surface area is 98.4 Å². The Morgan fingerprint density at radius 3 is 2.93 bits per heavy atom. The molecule has 2 nitrogen and oxygen atoms in total. The van der Waals surface area contributed by atoms with Crippen molar-refractivity contribution in [2.24, 2.45) is 7.05 Å². The number of hydrogen-bond donors (Lipinski definition) is 1. The number of aromatic nitrogens is 1. The summed E-state index contributed by atoms with van der Waals surface area (Å²) < 4.78 is 3.33. The number of nitrogens with one attached hydrogen (secondary N) is 1. The first-order chi connectivity index (χ1) is 7.22. The Morgan fingerprint density at radius 2 is 2.20 bits per heavy atom. The van der Waals surface area contributed by atoms with Gasteiger partial charge in [-0.15, -0.1) is 0 Å². The summed E-state index contributed by atoms with van der Waals surface area (Å²) in [6.07, 6.45) is 3.29. The monoisotopic (exact) mass is 266 g/mol. The van der Waals surface area contributed by atoms with Crippen molar-refractivity contribution < 1.29 is 0 Å². The van der Waals surface area contributed by atoms with Crippen LogP contribution in [0.1, 0.15) is 5.56 Å². The molecule has 1 heterocycles. The van der Waals surface area contributed by atoms with E-state index >= 15 is 0 Å². The molecule has 0 unspecified atom stereocenters. The lowest BCUT2D eigenvalue weighted by atomic mass is 10.1. The standard InChI is InChI=1S/C12H15BrN2/c1-14-6-5-9-8-15(2)12-4-3-10(13)7-11(9)12/h3-4,7-8,14H,5-6H2,1-2H3. The predicted octanol–water partition coefficient (Wildman–Crippen LogP) is 2.70. The van der Waals surface area contributed by atoms with E-state index in [1.54, 1.807) is 0 Å². The molecule has 0 spiro atoms. The van der Waals surface area contributed by atoms with Crippen LogP contribution in [0, 0.1) is 0 Å². The van der Waals surface area contributed by atoms with Crippen molar-refractivity contribution in [1.82, 2.24) is 9.88 Å². The Bertz CT molecular complexity index is 474. The van der Waals surface area contributed by atoms with Crippen molar-refractivity contribution in [2.45, 2.75) is 6.42 Å². The van der Waals surface area contributed by atoms with Gasteiger partial charge in [-0.3, -0.25) is 0 Å². The lowest BCUT2D eigenvalue weighted by molar-refractivity contribution is 0.791. The molecule has 2 rings (SSSR count). The van der Waals surface area contributed by atoms with Crippen LogP contribution in [0.2, 0.25) is 0 Å². The van der Waals surface area contributed by atoms with Gasteiger partial charge in [-0.2, -0.15) is 0 Å². The molecule has 0 radical (unpaired) electrons. The number of benzene rings is 1. The molecule has 0 saturated carbocycles. The Morgan fingerprint density at radius 1 is 1.40 bits per heavy atom. The number of fused-ring (bicyclic) bond motifs is 1. The van der Waals surface area contributed by atoms with Gasteiger partial charge in [-0.25, -0.2) is 0 Å². The van der Waals surface area contributed by atoms with Gasteiger partial charge in [-0.1, -0.05) is 15.9 Å². The van der Waals surface area contributed by atoms with Crippen LogP contribution in [0.25, 0.3) is 10.9 Å². The highest BCUT2D eigenvalue weighted by Gasteiger charge is 2.05. The van der Waals surface area contributed by atoms with Gasteiger partial charge in [0.1, 0.15) is 0 Å². The molecule has 0 aliphatic rings. The first kappa shape index (κ1) is 10.7. The van der Waals surface area contributed by atoms with Crippen LogP contribution in [0.5, 0.6) is 0 Å². The number of likely N-dealkylation sites (N-methyl/N-ethyl adjacent to an activating group) is 1. The third-order valence-electron chi connectivity index (χ3n) is 2.68. The van der Waals surface area contributed by atoms with E-state index in [-0.39, 0.29) is 0 Å². The fourth-order valence-corrected chi connectivity index (χ4v) is 2.27. The Kier molecular flexibility index (Phi) is 3.12. The highest BCUT2D eigenvalue weighted by atomic mass is 79.9. The van der Waals surface area contributed by atoms with Crippen molar-refractivity contribution in [3.05, 3.63) is 34.4 Å². The Balaban J connectivity index is 2.49. The molecule has 15 heavy (non-hydrogen) atoms. The number of aryl methyl sites for hydroxylation is 1. The number of halogens is 1. The van der Waals surface area contributed by atoms with E-state index in [0.717, 1.165) is 17.4 Å². The molecule has 1 aromatic heterocycles. The quantitative estimate of drug-likeness (QED) is 0.904. The molecule has 0 amide bonds. The summed E-state index contributed by atoms with van der Waals surface area (Å²) in [5.41, 5.74) is 2.70. The smallest absolute Gasteiger partial charge is 0.0481 e. The van der Waals surface area contributed by atoms with E-state index < -0.39 is 0 Å². The number of nitrogens with zero attached hydrogens (tertiary/aromatic N) is 1. The summed E-state index contributed by atoms with van der Waals surface area (Å²) >= 11 is 3.52. The van der Waals surface area contributed by atoms with Crippen molar-refractivity contribution in [3.63, 3.8) is 0 Å². The minimum atomic E-state index is 1.02. The minimum absolute atomic E-state index is 1.02. The van der Waals surface area contributed by atoms with Crippen LogP contribution in [0.3, 0.4) is 0 Å². The first-order valence-corrected chi connectivity index (χ1v) is 5.89. The summed E-state index contributed by atoms with van der Waals surface area (Å²) in [5.74, 6) is 0. The fourth-order valence-electron chi connectivity index (χ4n) is 1.90. The van der Waals surface area contributed by atoms with E-state index in [9.17, 15) is 0 Å². The largest absolute Gasteiger partial charge is 0.350 e. The van der Waals surface area contributed by atoms with Gasteiger partial charge in [-0.05, 0) is 43.8 Å².